The Kier molecular flexibility index (Phi) is 4.78. The van der Waals surface area contributed by atoms with E-state index in [0.717, 1.165) is 22.5 Å². The Balaban J connectivity index is 1.91. The molecule has 0 saturated heterocycles. The van der Waals surface area contributed by atoms with Gasteiger partial charge in [0.1, 0.15) is 11.6 Å². The molecule has 0 bridgehead atoms. The van der Waals surface area contributed by atoms with E-state index in [1.165, 1.54) is 12.1 Å². The van der Waals surface area contributed by atoms with E-state index in [1.807, 2.05) is 57.5 Å². The Morgan fingerprint density at radius 3 is 2.56 bits per heavy atom. The first-order chi connectivity index (χ1) is 12.6. The van der Waals surface area contributed by atoms with Crippen molar-refractivity contribution >= 4 is 22.6 Å². The Morgan fingerprint density at radius 2 is 1.93 bits per heavy atom. The van der Waals surface area contributed by atoms with Crippen molar-refractivity contribution in [2.75, 3.05) is 5.32 Å². The summed E-state index contributed by atoms with van der Waals surface area (Å²) in [5, 5.41) is 2.90. The molecule has 1 atom stereocenters. The molecule has 3 rings (SSSR count). The second-order valence-electron chi connectivity index (χ2n) is 7.99. The molecule has 0 unspecified atom stereocenters. The molecule has 3 N–H and O–H groups in total. The third kappa shape index (κ3) is 3.71. The maximum Gasteiger partial charge on any atom is 0.241 e. The number of nitrogens with two attached hydrogens (primary N) is 1. The highest BCUT2D eigenvalue weighted by molar-refractivity contribution is 5.96. The van der Waals surface area contributed by atoms with Gasteiger partial charge in [-0.05, 0) is 48.2 Å². The third-order valence-electron chi connectivity index (χ3n) is 4.80. The lowest BCUT2D eigenvalue weighted by molar-refractivity contribution is -0.119. The van der Waals surface area contributed by atoms with Gasteiger partial charge >= 0.3 is 0 Å². The van der Waals surface area contributed by atoms with Gasteiger partial charge in [-0.3, -0.25) is 4.79 Å². The van der Waals surface area contributed by atoms with Gasteiger partial charge in [0.2, 0.25) is 5.91 Å². The molecule has 1 heterocycles. The molecule has 1 aromatic heterocycles. The molecule has 0 aliphatic heterocycles. The summed E-state index contributed by atoms with van der Waals surface area (Å²) in [7, 11) is 1.90. The zero-order valence-electron chi connectivity index (χ0n) is 16.3. The van der Waals surface area contributed by atoms with Crippen LogP contribution in [0.25, 0.3) is 22.4 Å². The van der Waals surface area contributed by atoms with Gasteiger partial charge in [-0.15, -0.1) is 0 Å². The Labute approximate surface area is 158 Å². The van der Waals surface area contributed by atoms with E-state index < -0.39 is 6.04 Å². The lowest BCUT2D eigenvalue weighted by atomic mass is 9.87. The van der Waals surface area contributed by atoms with Gasteiger partial charge in [0, 0.05) is 24.4 Å². The van der Waals surface area contributed by atoms with Gasteiger partial charge in [-0.2, -0.15) is 0 Å². The van der Waals surface area contributed by atoms with Crippen LogP contribution in [0.5, 0.6) is 0 Å². The lowest BCUT2D eigenvalue weighted by Crippen LogP contribution is -2.45. The molecule has 0 aliphatic carbocycles. The first-order valence-corrected chi connectivity index (χ1v) is 8.87. The number of nitrogens with one attached hydrogen (secondary N) is 1. The zero-order chi connectivity index (χ0) is 19.9. The highest BCUT2D eigenvalue weighted by atomic mass is 19.1. The topological polar surface area (TPSA) is 72.9 Å². The molecule has 0 fully saturated rings. The molecule has 0 spiro atoms. The molecule has 0 saturated carbocycles. The van der Waals surface area contributed by atoms with Crippen LogP contribution in [0.4, 0.5) is 10.1 Å². The van der Waals surface area contributed by atoms with Gasteiger partial charge in [0.05, 0.1) is 17.1 Å². The van der Waals surface area contributed by atoms with Crippen LogP contribution in [0, 0.1) is 18.2 Å². The second kappa shape index (κ2) is 6.78. The fourth-order valence-corrected chi connectivity index (χ4v) is 2.98. The average molecular weight is 368 g/mol. The first kappa shape index (κ1) is 19.0. The van der Waals surface area contributed by atoms with Crippen molar-refractivity contribution < 1.29 is 9.18 Å². The number of rotatable bonds is 3. The van der Waals surface area contributed by atoms with Crippen LogP contribution in [-0.2, 0) is 11.8 Å². The highest BCUT2D eigenvalue weighted by Crippen LogP contribution is 2.28. The summed E-state index contributed by atoms with van der Waals surface area (Å²) in [5.41, 5.74) is 9.69. The molecular weight excluding hydrogens is 343 g/mol. The molecule has 0 aliphatic rings. The predicted octanol–water partition coefficient (Wildman–Crippen LogP) is 4.00. The maximum absolute atomic E-state index is 13.5. The lowest BCUT2D eigenvalue weighted by Gasteiger charge is -2.26. The summed E-state index contributed by atoms with van der Waals surface area (Å²) < 4.78 is 15.4. The standard InChI is InChI=1S/C21H25FN4O/c1-12-10-13(6-8-15(12)25-20(27)18(23)21(2,3)4)19-24-16-11-14(22)7-9-17(16)26(19)5/h6-11,18H,23H2,1-5H3,(H,25,27)/t18-/m1/s1. The third-order valence-corrected chi connectivity index (χ3v) is 4.80. The number of fused-ring (bicyclic) bond motifs is 1. The van der Waals surface area contributed by atoms with E-state index in [2.05, 4.69) is 10.3 Å². The number of carbonyl (C=O) groups is 1. The summed E-state index contributed by atoms with van der Waals surface area (Å²) in [4.78, 5) is 16.9. The highest BCUT2D eigenvalue weighted by Gasteiger charge is 2.27. The molecule has 27 heavy (non-hydrogen) atoms. The Hall–Kier alpha value is -2.73. The van der Waals surface area contributed by atoms with E-state index >= 15 is 0 Å². The van der Waals surface area contributed by atoms with Crippen molar-refractivity contribution in [2.45, 2.75) is 33.7 Å². The van der Waals surface area contributed by atoms with Crippen LogP contribution in [0.3, 0.4) is 0 Å². The van der Waals surface area contributed by atoms with E-state index in [4.69, 9.17) is 5.73 Å². The number of aromatic nitrogens is 2. The smallest absolute Gasteiger partial charge is 0.241 e. The minimum atomic E-state index is -0.605. The number of hydrogen-bond acceptors (Lipinski definition) is 3. The molecular formula is C21H25FN4O. The van der Waals surface area contributed by atoms with Crippen molar-refractivity contribution in [3.63, 3.8) is 0 Å². The molecule has 2 aromatic carbocycles. The minimum absolute atomic E-state index is 0.212. The van der Waals surface area contributed by atoms with Crippen LogP contribution in [0.2, 0.25) is 0 Å². The Morgan fingerprint density at radius 1 is 1.22 bits per heavy atom. The van der Waals surface area contributed by atoms with Gasteiger partial charge < -0.3 is 15.6 Å². The zero-order valence-corrected chi connectivity index (χ0v) is 16.3. The van der Waals surface area contributed by atoms with Gasteiger partial charge in [-0.25, -0.2) is 9.37 Å². The first-order valence-electron chi connectivity index (χ1n) is 8.87. The van der Waals surface area contributed by atoms with Crippen molar-refractivity contribution in [1.82, 2.24) is 9.55 Å². The summed E-state index contributed by atoms with van der Waals surface area (Å²) in [5.74, 6) is 0.219. The molecule has 1 amide bonds. The van der Waals surface area contributed by atoms with Crippen molar-refractivity contribution in [3.05, 3.63) is 47.8 Å². The number of nitrogens with zero attached hydrogens (tertiary/aromatic N) is 2. The quantitative estimate of drug-likeness (QED) is 0.734. The average Bonchev–Trinajstić information content (AvgIpc) is 2.91. The van der Waals surface area contributed by atoms with Crippen LogP contribution in [-0.4, -0.2) is 21.5 Å². The molecule has 3 aromatic rings. The van der Waals surface area contributed by atoms with Crippen LogP contribution >= 0.6 is 0 Å². The van der Waals surface area contributed by atoms with E-state index in [0.29, 0.717) is 11.2 Å². The monoisotopic (exact) mass is 368 g/mol. The van der Waals surface area contributed by atoms with Gasteiger partial charge in [-0.1, -0.05) is 20.8 Å². The number of anilines is 1. The van der Waals surface area contributed by atoms with E-state index in [-0.39, 0.29) is 17.1 Å². The fourth-order valence-electron chi connectivity index (χ4n) is 2.98. The van der Waals surface area contributed by atoms with Gasteiger partial charge in [0.15, 0.2) is 0 Å². The SMILES string of the molecule is Cc1cc(-c2nc3cc(F)ccc3n2C)ccc1NC(=O)[C@@H](N)C(C)(C)C. The van der Waals surface area contributed by atoms with Crippen molar-refractivity contribution in [2.24, 2.45) is 18.2 Å². The van der Waals surface area contributed by atoms with Gasteiger partial charge in [0.25, 0.3) is 0 Å². The normalized spacial score (nSPS) is 13.0. The minimum Gasteiger partial charge on any atom is -0.327 e. The largest absolute Gasteiger partial charge is 0.327 e. The second-order valence-corrected chi connectivity index (χ2v) is 7.99. The summed E-state index contributed by atoms with van der Waals surface area (Å²) >= 11 is 0. The molecule has 5 nitrogen and oxygen atoms in total. The maximum atomic E-state index is 13.5. The van der Waals surface area contributed by atoms with E-state index in [1.54, 1.807) is 6.07 Å². The summed E-state index contributed by atoms with van der Waals surface area (Å²) in [6, 6.07) is 9.66. The number of amides is 1. The molecule has 6 heteroatoms. The van der Waals surface area contributed by atoms with Crippen LogP contribution in [0.1, 0.15) is 26.3 Å². The van der Waals surface area contributed by atoms with E-state index in [9.17, 15) is 9.18 Å². The summed E-state index contributed by atoms with van der Waals surface area (Å²) in [6.07, 6.45) is 0. The Bertz CT molecular complexity index is 1020. The van der Waals surface area contributed by atoms with Crippen molar-refractivity contribution in [1.29, 1.82) is 0 Å². The van der Waals surface area contributed by atoms with Crippen molar-refractivity contribution in [3.8, 4) is 11.4 Å². The number of halogens is 1. The number of hydrogen-bond donors (Lipinski definition) is 2. The predicted molar refractivity (Wildman–Crippen MR) is 107 cm³/mol. The number of imidazole rings is 1. The fraction of sp³-hybridized carbons (Fsp3) is 0.333. The number of aryl methyl sites for hydroxylation is 2. The number of benzene rings is 2. The summed E-state index contributed by atoms with van der Waals surface area (Å²) in [6.45, 7) is 7.72. The van der Waals surface area contributed by atoms with Crippen LogP contribution < -0.4 is 11.1 Å². The molecule has 142 valence electrons. The molecule has 0 radical (unpaired) electrons. The number of carbonyl (C=O) groups excluding carboxylic acids is 1. The van der Waals surface area contributed by atoms with Crippen LogP contribution in [0.15, 0.2) is 36.4 Å².